The number of rotatable bonds is 15. The summed E-state index contributed by atoms with van der Waals surface area (Å²) in [7, 11) is 0. The van der Waals surface area contributed by atoms with E-state index < -0.39 is 60.4 Å². The lowest BCUT2D eigenvalue weighted by molar-refractivity contribution is -0.177. The zero-order valence-electron chi connectivity index (χ0n) is 18.9. The molecule has 0 fully saturated rings. The quantitative estimate of drug-likeness (QED) is 0.0342. The Morgan fingerprint density at radius 1 is 0.743 bits per heavy atom. The molecular weight excluding hydrogens is 472 g/mol. The molecule has 0 aliphatic heterocycles. The Bertz CT molecular complexity index is 780. The van der Waals surface area contributed by atoms with E-state index in [9.17, 15) is 34.2 Å². The van der Waals surface area contributed by atoms with Crippen LogP contribution < -0.4 is 34.4 Å². The fourth-order valence-electron chi connectivity index (χ4n) is 2.41. The first kappa shape index (κ1) is 31.2. The normalized spacial score (nSPS) is 12.5. The Labute approximate surface area is 199 Å². The smallest absolute Gasteiger partial charge is 0.336 e. The molecule has 0 aliphatic rings. The van der Waals surface area contributed by atoms with Gasteiger partial charge < -0.3 is 54.1 Å². The first-order chi connectivity index (χ1) is 16.2. The summed E-state index contributed by atoms with van der Waals surface area (Å²) in [6.07, 6.45) is -2.01. The number of carbonyl (C=O) groups is 5. The molecule has 0 bridgehead atoms. The standard InChI is InChI=1S/C18H32N8O9/c19-9(3-1-5-25-16(21)22)13(29)34-11(27)7-18(33,15(31)32)8-12(28)35-14(30)10(20)4-2-6-26-17(23)24/h9-10,33H,1-8,19-20H2,(H,31,32)(H4,21,22,25)(H4,23,24,26)/t9-,10-/m0/s1. The molecule has 198 valence electrons. The van der Waals surface area contributed by atoms with Crippen LogP contribution in [-0.4, -0.2) is 82.8 Å². The number of carbonyl (C=O) groups excluding carboxylic acids is 4. The van der Waals surface area contributed by atoms with Crippen LogP contribution in [0.1, 0.15) is 38.5 Å². The molecule has 0 unspecified atom stereocenters. The molecule has 0 spiro atoms. The highest BCUT2D eigenvalue weighted by molar-refractivity contribution is 5.95. The second-order valence-electron chi connectivity index (χ2n) is 7.39. The largest absolute Gasteiger partial charge is 0.479 e. The van der Waals surface area contributed by atoms with Crippen LogP contribution in [0.15, 0.2) is 9.98 Å². The van der Waals surface area contributed by atoms with E-state index >= 15 is 0 Å². The number of hydrogen-bond acceptors (Lipinski definition) is 12. The van der Waals surface area contributed by atoms with Gasteiger partial charge in [0.2, 0.25) is 0 Å². The van der Waals surface area contributed by atoms with Crippen molar-refractivity contribution in [3.63, 3.8) is 0 Å². The highest BCUT2D eigenvalue weighted by Crippen LogP contribution is 2.18. The third kappa shape index (κ3) is 13.5. The summed E-state index contributed by atoms with van der Waals surface area (Å²) in [6.45, 7) is 0.327. The molecule has 0 radical (unpaired) electrons. The fraction of sp³-hybridized carbons (Fsp3) is 0.611. The van der Waals surface area contributed by atoms with Crippen LogP contribution in [0, 0.1) is 0 Å². The number of carboxylic acid groups (broad SMARTS) is 1. The molecule has 2 atom stereocenters. The number of aliphatic carboxylic acids is 1. The van der Waals surface area contributed by atoms with Gasteiger partial charge in [-0.25, -0.2) is 14.4 Å². The van der Waals surface area contributed by atoms with Gasteiger partial charge in [0.25, 0.3) is 0 Å². The summed E-state index contributed by atoms with van der Waals surface area (Å²) in [5.41, 5.74) is 28.7. The van der Waals surface area contributed by atoms with Crippen LogP contribution in [-0.2, 0) is 33.4 Å². The van der Waals surface area contributed by atoms with Crippen LogP contribution in [0.2, 0.25) is 0 Å². The Balaban J connectivity index is 4.79. The summed E-state index contributed by atoms with van der Waals surface area (Å²) in [5.74, 6) is -7.67. The fourth-order valence-corrected chi connectivity index (χ4v) is 2.41. The van der Waals surface area contributed by atoms with Gasteiger partial charge in [-0.15, -0.1) is 0 Å². The minimum Gasteiger partial charge on any atom is -0.479 e. The Kier molecular flexibility index (Phi) is 13.5. The second-order valence-corrected chi connectivity index (χ2v) is 7.39. The van der Waals surface area contributed by atoms with Gasteiger partial charge >= 0.3 is 29.8 Å². The Morgan fingerprint density at radius 3 is 1.37 bits per heavy atom. The average Bonchev–Trinajstić information content (AvgIpc) is 2.72. The molecule has 17 heteroatoms. The molecule has 35 heavy (non-hydrogen) atoms. The van der Waals surface area contributed by atoms with Gasteiger partial charge in [-0.3, -0.25) is 19.6 Å². The Morgan fingerprint density at radius 2 is 1.09 bits per heavy atom. The number of esters is 4. The summed E-state index contributed by atoms with van der Waals surface area (Å²) >= 11 is 0. The van der Waals surface area contributed by atoms with Gasteiger partial charge in [0, 0.05) is 13.1 Å². The van der Waals surface area contributed by atoms with Crippen molar-refractivity contribution in [2.45, 2.75) is 56.2 Å². The minimum absolute atomic E-state index is 0.0345. The van der Waals surface area contributed by atoms with E-state index in [1.807, 2.05) is 0 Å². The summed E-state index contributed by atoms with van der Waals surface area (Å²) in [5, 5.41) is 19.5. The maximum atomic E-state index is 12.0. The van der Waals surface area contributed by atoms with Crippen molar-refractivity contribution in [3.05, 3.63) is 0 Å². The molecule has 17 nitrogen and oxygen atoms in total. The highest BCUT2D eigenvalue weighted by atomic mass is 16.6. The van der Waals surface area contributed by atoms with Crippen LogP contribution in [0.25, 0.3) is 0 Å². The van der Waals surface area contributed by atoms with Crippen molar-refractivity contribution >= 4 is 41.8 Å². The molecule has 0 aliphatic carbocycles. The van der Waals surface area contributed by atoms with Gasteiger partial charge in [-0.1, -0.05) is 0 Å². The highest BCUT2D eigenvalue weighted by Gasteiger charge is 2.43. The van der Waals surface area contributed by atoms with Crippen molar-refractivity contribution in [2.75, 3.05) is 13.1 Å². The molecule has 0 saturated carbocycles. The van der Waals surface area contributed by atoms with Gasteiger partial charge in [0.05, 0.1) is 12.8 Å². The SMILES string of the molecule is NC(N)=NCCC[C@H](N)C(=O)OC(=O)CC(O)(CC(=O)OC(=O)[C@@H](N)CCCN=C(N)N)C(=O)O. The molecule has 0 aromatic heterocycles. The molecule has 0 aromatic rings. The van der Waals surface area contributed by atoms with E-state index in [1.54, 1.807) is 0 Å². The van der Waals surface area contributed by atoms with E-state index in [0.29, 0.717) is 0 Å². The van der Waals surface area contributed by atoms with Crippen LogP contribution in [0.3, 0.4) is 0 Å². The number of aliphatic hydroxyl groups is 1. The molecule has 0 aromatic carbocycles. The van der Waals surface area contributed by atoms with E-state index in [4.69, 9.17) is 34.4 Å². The predicted molar refractivity (Wildman–Crippen MR) is 120 cm³/mol. The van der Waals surface area contributed by atoms with Crippen molar-refractivity contribution in [3.8, 4) is 0 Å². The molecular formula is C18H32N8O9. The van der Waals surface area contributed by atoms with Gasteiger partial charge in [-0.2, -0.15) is 0 Å². The van der Waals surface area contributed by atoms with Crippen molar-refractivity contribution < 1.29 is 43.7 Å². The van der Waals surface area contributed by atoms with Gasteiger partial charge in [0.1, 0.15) is 12.1 Å². The van der Waals surface area contributed by atoms with E-state index in [-0.39, 0.29) is 50.7 Å². The molecule has 0 saturated heterocycles. The van der Waals surface area contributed by atoms with E-state index in [0.717, 1.165) is 0 Å². The first-order valence-electron chi connectivity index (χ1n) is 10.2. The molecule has 14 N–H and O–H groups in total. The molecule has 0 amide bonds. The topological polar surface area (TPSA) is 325 Å². The van der Waals surface area contributed by atoms with Gasteiger partial charge in [-0.05, 0) is 25.7 Å². The Hall–Kier alpha value is -3.83. The number of nitrogens with two attached hydrogens (primary N) is 6. The lowest BCUT2D eigenvalue weighted by atomic mass is 9.96. The van der Waals surface area contributed by atoms with Crippen molar-refractivity contribution in [1.82, 2.24) is 0 Å². The number of guanidine groups is 2. The van der Waals surface area contributed by atoms with Crippen LogP contribution in [0.4, 0.5) is 0 Å². The average molecular weight is 505 g/mol. The minimum atomic E-state index is -3.04. The zero-order valence-corrected chi connectivity index (χ0v) is 18.9. The van der Waals surface area contributed by atoms with Crippen molar-refractivity contribution in [2.24, 2.45) is 44.4 Å². The van der Waals surface area contributed by atoms with Gasteiger partial charge in [0.15, 0.2) is 17.5 Å². The first-order valence-corrected chi connectivity index (χ1v) is 10.2. The maximum absolute atomic E-state index is 12.0. The summed E-state index contributed by atoms with van der Waals surface area (Å²) in [4.78, 5) is 66.5. The number of aliphatic imine (C=N–C) groups is 2. The number of nitrogens with zero attached hydrogens (tertiary/aromatic N) is 2. The monoisotopic (exact) mass is 504 g/mol. The third-order valence-corrected chi connectivity index (χ3v) is 4.24. The second kappa shape index (κ2) is 15.1. The van der Waals surface area contributed by atoms with Crippen LogP contribution in [0.5, 0.6) is 0 Å². The third-order valence-electron chi connectivity index (χ3n) is 4.24. The number of ether oxygens (including phenoxy) is 2. The van der Waals surface area contributed by atoms with Crippen LogP contribution >= 0.6 is 0 Å². The zero-order chi connectivity index (χ0) is 27.2. The maximum Gasteiger partial charge on any atom is 0.336 e. The predicted octanol–water partition coefficient (Wildman–Crippen LogP) is -4.52. The lowest BCUT2D eigenvalue weighted by Crippen LogP contribution is -2.45. The van der Waals surface area contributed by atoms with E-state index in [1.165, 1.54) is 0 Å². The van der Waals surface area contributed by atoms with E-state index in [2.05, 4.69) is 19.5 Å². The number of hydrogen-bond donors (Lipinski definition) is 8. The molecule has 0 rings (SSSR count). The summed E-state index contributed by atoms with van der Waals surface area (Å²) < 4.78 is 8.86. The lowest BCUT2D eigenvalue weighted by Gasteiger charge is -2.21. The summed E-state index contributed by atoms with van der Waals surface area (Å²) in [6, 6.07) is -2.52. The molecule has 0 heterocycles. The van der Waals surface area contributed by atoms with Crippen molar-refractivity contribution in [1.29, 1.82) is 0 Å². The number of carboxylic acids is 1.